The summed E-state index contributed by atoms with van der Waals surface area (Å²) < 4.78 is 17.0. The first-order chi connectivity index (χ1) is 13.8. The van der Waals surface area contributed by atoms with Crippen LogP contribution < -0.4 is 5.43 Å². The molecule has 0 spiro atoms. The Labute approximate surface area is 171 Å². The zero-order valence-corrected chi connectivity index (χ0v) is 16.9. The molecule has 5 nitrogen and oxygen atoms in total. The summed E-state index contributed by atoms with van der Waals surface area (Å²) in [4.78, 5) is 29.0. The Kier molecular flexibility index (Phi) is 4.90. The van der Waals surface area contributed by atoms with Crippen LogP contribution in [0.4, 0.5) is 4.39 Å². The number of carbonyl (C=O) groups is 1. The lowest BCUT2D eigenvalue weighted by Gasteiger charge is -2.19. The van der Waals surface area contributed by atoms with Crippen molar-refractivity contribution in [3.63, 3.8) is 0 Å². The molecule has 0 aliphatic heterocycles. The SMILES string of the molecule is CCc1c(C(=O)O)c(=O)c2cc(F)c(-c3cc(C)nc(CCl)c3)cc2n1C1CC1. The minimum Gasteiger partial charge on any atom is -0.477 e. The number of pyridine rings is 2. The van der Waals surface area contributed by atoms with Crippen molar-refractivity contribution in [2.45, 2.75) is 45.0 Å². The number of hydrogen-bond donors (Lipinski definition) is 1. The molecule has 4 rings (SSSR count). The largest absolute Gasteiger partial charge is 0.477 e. The van der Waals surface area contributed by atoms with Gasteiger partial charge >= 0.3 is 5.97 Å². The molecule has 2 heterocycles. The molecule has 1 aliphatic carbocycles. The van der Waals surface area contributed by atoms with E-state index in [2.05, 4.69) is 4.98 Å². The van der Waals surface area contributed by atoms with Crippen molar-refractivity contribution in [2.24, 2.45) is 0 Å². The zero-order chi connectivity index (χ0) is 20.9. The summed E-state index contributed by atoms with van der Waals surface area (Å²) in [6.45, 7) is 3.64. The topological polar surface area (TPSA) is 72.2 Å². The molecule has 29 heavy (non-hydrogen) atoms. The van der Waals surface area contributed by atoms with Gasteiger partial charge in [-0.25, -0.2) is 9.18 Å². The molecule has 7 heteroatoms. The number of nitrogens with zero attached hydrogens (tertiary/aromatic N) is 2. The van der Waals surface area contributed by atoms with E-state index < -0.39 is 17.2 Å². The molecular formula is C22H20ClFN2O3. The van der Waals surface area contributed by atoms with Gasteiger partial charge in [0.05, 0.1) is 17.1 Å². The van der Waals surface area contributed by atoms with E-state index in [4.69, 9.17) is 11.6 Å². The average molecular weight is 415 g/mol. The average Bonchev–Trinajstić information content (AvgIpc) is 3.51. The van der Waals surface area contributed by atoms with Gasteiger partial charge in [-0.2, -0.15) is 0 Å². The third kappa shape index (κ3) is 3.31. The highest BCUT2D eigenvalue weighted by Crippen LogP contribution is 2.40. The molecule has 0 saturated heterocycles. The number of aromatic carboxylic acids is 1. The first-order valence-electron chi connectivity index (χ1n) is 9.53. The molecule has 0 radical (unpaired) electrons. The maximum absolute atomic E-state index is 15.1. The molecule has 150 valence electrons. The Morgan fingerprint density at radius 1 is 1.31 bits per heavy atom. The fourth-order valence-corrected chi connectivity index (χ4v) is 4.11. The number of hydrogen-bond acceptors (Lipinski definition) is 3. The number of halogens is 2. The molecule has 3 aromatic rings. The van der Waals surface area contributed by atoms with Gasteiger partial charge in [0.25, 0.3) is 0 Å². The van der Waals surface area contributed by atoms with Gasteiger partial charge in [0.1, 0.15) is 11.4 Å². The molecule has 1 aromatic carbocycles. The van der Waals surface area contributed by atoms with Crippen LogP contribution in [0.25, 0.3) is 22.0 Å². The predicted molar refractivity (Wildman–Crippen MR) is 110 cm³/mol. The van der Waals surface area contributed by atoms with Crippen LogP contribution in [0.2, 0.25) is 0 Å². The maximum atomic E-state index is 15.1. The van der Waals surface area contributed by atoms with E-state index in [0.29, 0.717) is 40.1 Å². The molecule has 0 amide bonds. The highest BCUT2D eigenvalue weighted by molar-refractivity contribution is 6.16. The van der Waals surface area contributed by atoms with Gasteiger partial charge in [-0.1, -0.05) is 6.92 Å². The van der Waals surface area contributed by atoms with E-state index in [0.717, 1.165) is 18.9 Å². The van der Waals surface area contributed by atoms with Crippen LogP contribution in [0, 0.1) is 12.7 Å². The molecule has 0 unspecified atom stereocenters. The summed E-state index contributed by atoms with van der Waals surface area (Å²) in [5, 5.41) is 9.72. The standard InChI is InChI=1S/C22H20ClFN2O3/c1-3-18-20(22(28)29)21(27)16-8-17(24)15(9-19(16)26(18)14-4-5-14)12-6-11(2)25-13(7-12)10-23/h6-9,14H,3-5,10H2,1-2H3,(H,28,29). The Bertz CT molecular complexity index is 1220. The van der Waals surface area contributed by atoms with Crippen LogP contribution in [0.15, 0.2) is 29.1 Å². The van der Waals surface area contributed by atoms with Crippen molar-refractivity contribution in [3.05, 3.63) is 63.0 Å². The summed E-state index contributed by atoms with van der Waals surface area (Å²) in [7, 11) is 0. The fraction of sp³-hybridized carbons (Fsp3) is 0.318. The second-order valence-electron chi connectivity index (χ2n) is 7.38. The fourth-order valence-electron chi connectivity index (χ4n) is 3.97. The van der Waals surface area contributed by atoms with Crippen LogP contribution in [-0.2, 0) is 12.3 Å². The minimum absolute atomic E-state index is 0.0936. The molecule has 1 aliphatic rings. The summed E-state index contributed by atoms with van der Waals surface area (Å²) in [6.07, 6.45) is 2.21. The van der Waals surface area contributed by atoms with Gasteiger partial charge in [0, 0.05) is 28.4 Å². The molecule has 1 saturated carbocycles. The highest BCUT2D eigenvalue weighted by atomic mass is 35.5. The minimum atomic E-state index is -1.27. The van der Waals surface area contributed by atoms with Gasteiger partial charge in [0.15, 0.2) is 0 Å². The number of carboxylic acid groups (broad SMARTS) is 1. The van der Waals surface area contributed by atoms with Gasteiger partial charge in [-0.05, 0) is 56.0 Å². The predicted octanol–water partition coefficient (Wildman–Crippen LogP) is 4.85. The first kappa shape index (κ1) is 19.6. The monoisotopic (exact) mass is 414 g/mol. The Hall–Kier alpha value is -2.73. The van der Waals surface area contributed by atoms with E-state index in [1.54, 1.807) is 18.2 Å². The zero-order valence-electron chi connectivity index (χ0n) is 16.1. The van der Waals surface area contributed by atoms with E-state index in [9.17, 15) is 14.7 Å². The number of aromatic nitrogens is 2. The van der Waals surface area contributed by atoms with Crippen molar-refractivity contribution >= 4 is 28.5 Å². The van der Waals surface area contributed by atoms with E-state index in [1.807, 2.05) is 18.4 Å². The molecule has 1 N–H and O–H groups in total. The number of fused-ring (bicyclic) bond motifs is 1. The Morgan fingerprint density at radius 3 is 2.62 bits per heavy atom. The molecule has 0 atom stereocenters. The van der Waals surface area contributed by atoms with Crippen molar-refractivity contribution in [3.8, 4) is 11.1 Å². The van der Waals surface area contributed by atoms with Crippen LogP contribution >= 0.6 is 11.6 Å². The maximum Gasteiger partial charge on any atom is 0.341 e. The smallest absolute Gasteiger partial charge is 0.341 e. The molecule has 2 aromatic heterocycles. The molecule has 1 fully saturated rings. The second kappa shape index (κ2) is 7.26. The lowest BCUT2D eigenvalue weighted by molar-refractivity contribution is 0.0693. The lowest BCUT2D eigenvalue weighted by atomic mass is 9.99. The first-order valence-corrected chi connectivity index (χ1v) is 10.1. The van der Waals surface area contributed by atoms with Crippen molar-refractivity contribution in [2.75, 3.05) is 0 Å². The Balaban J connectivity index is 2.09. The summed E-state index contributed by atoms with van der Waals surface area (Å²) >= 11 is 5.92. The van der Waals surface area contributed by atoms with E-state index in [-0.39, 0.29) is 22.9 Å². The van der Waals surface area contributed by atoms with Crippen molar-refractivity contribution in [1.29, 1.82) is 0 Å². The highest BCUT2D eigenvalue weighted by Gasteiger charge is 2.31. The van der Waals surface area contributed by atoms with Gasteiger partial charge in [-0.15, -0.1) is 11.6 Å². The number of carboxylic acids is 1. The third-order valence-corrected chi connectivity index (χ3v) is 5.58. The normalized spacial score (nSPS) is 13.8. The van der Waals surface area contributed by atoms with Crippen LogP contribution in [0.3, 0.4) is 0 Å². The van der Waals surface area contributed by atoms with Crippen LogP contribution in [0.5, 0.6) is 0 Å². The third-order valence-electron chi connectivity index (χ3n) is 5.31. The number of aryl methyl sites for hydroxylation is 1. The number of alkyl halides is 1. The van der Waals surface area contributed by atoms with Crippen LogP contribution in [0.1, 0.15) is 53.2 Å². The van der Waals surface area contributed by atoms with Crippen molar-refractivity contribution < 1.29 is 14.3 Å². The van der Waals surface area contributed by atoms with Gasteiger partial charge in [0.2, 0.25) is 5.43 Å². The lowest BCUT2D eigenvalue weighted by Crippen LogP contribution is -2.24. The van der Waals surface area contributed by atoms with Crippen LogP contribution in [-0.4, -0.2) is 20.6 Å². The summed E-state index contributed by atoms with van der Waals surface area (Å²) in [5.41, 5.74) is 2.47. The van der Waals surface area contributed by atoms with Gasteiger partial charge in [-0.3, -0.25) is 9.78 Å². The summed E-state index contributed by atoms with van der Waals surface area (Å²) in [5.74, 6) is -1.65. The number of rotatable bonds is 5. The molecule has 0 bridgehead atoms. The number of benzene rings is 1. The van der Waals surface area contributed by atoms with E-state index >= 15 is 4.39 Å². The quantitative estimate of drug-likeness (QED) is 0.606. The van der Waals surface area contributed by atoms with Gasteiger partial charge < -0.3 is 9.67 Å². The van der Waals surface area contributed by atoms with Crippen molar-refractivity contribution in [1.82, 2.24) is 9.55 Å². The van der Waals surface area contributed by atoms with E-state index in [1.165, 1.54) is 0 Å². The second-order valence-corrected chi connectivity index (χ2v) is 7.65. The summed E-state index contributed by atoms with van der Waals surface area (Å²) in [6, 6.07) is 6.44. The molecular weight excluding hydrogens is 395 g/mol. The Morgan fingerprint density at radius 2 is 2.03 bits per heavy atom.